The van der Waals surface area contributed by atoms with Gasteiger partial charge in [0.25, 0.3) is 10.1 Å². The van der Waals surface area contributed by atoms with Crippen molar-refractivity contribution in [3.05, 3.63) is 72.3 Å². The van der Waals surface area contributed by atoms with Crippen LogP contribution in [0.15, 0.2) is 71.6 Å². The fraction of sp³-hybridized carbons (Fsp3) is 0.375. The second-order valence-corrected chi connectivity index (χ2v) is 12.6. The van der Waals surface area contributed by atoms with Gasteiger partial charge in [-0.25, -0.2) is 4.79 Å². The average molecular weight is 657 g/mol. The molecule has 9 N–H and O–H groups in total. The molecule has 0 aliphatic rings. The molecule has 250 valence electrons. The van der Waals surface area contributed by atoms with E-state index in [1.165, 1.54) is 19.1 Å². The van der Waals surface area contributed by atoms with Gasteiger partial charge in [-0.2, -0.15) is 8.42 Å². The van der Waals surface area contributed by atoms with E-state index in [0.717, 1.165) is 16.3 Å². The lowest BCUT2D eigenvalue weighted by molar-refractivity contribution is -0.140. The van der Waals surface area contributed by atoms with Crippen molar-refractivity contribution in [3.63, 3.8) is 0 Å². The molecule has 0 spiro atoms. The Labute approximate surface area is 269 Å². The predicted molar refractivity (Wildman–Crippen MR) is 177 cm³/mol. The molecule has 14 heteroatoms. The number of hydrogen-bond acceptors (Lipinski definition) is 8. The summed E-state index contributed by atoms with van der Waals surface area (Å²) in [4.78, 5) is 38.1. The molecule has 0 saturated heterocycles. The van der Waals surface area contributed by atoms with Gasteiger partial charge in [0.15, 0.2) is 5.96 Å². The fourth-order valence-electron chi connectivity index (χ4n) is 4.25. The Morgan fingerprint density at radius 1 is 0.935 bits per heavy atom. The Bertz CT molecular complexity index is 1590. The van der Waals surface area contributed by atoms with Crippen molar-refractivity contribution >= 4 is 44.6 Å². The summed E-state index contributed by atoms with van der Waals surface area (Å²) in [6.45, 7) is 7.62. The minimum Gasteiger partial charge on any atom is -0.424 e. The molecule has 3 atom stereocenters. The molecule has 46 heavy (non-hydrogen) atoms. The SMILES string of the molecule is CC(C)C[C@H](N)C(=O)N[C@@H](C)C(=O)N[C@@H](CCCNC(=N)N)C(=O)Oc1cccc2ccccc12.Cc1ccc(S(=O)(=O)O)cc1. The molecule has 0 aliphatic carbocycles. The summed E-state index contributed by atoms with van der Waals surface area (Å²) in [7, 11) is -4.02. The summed E-state index contributed by atoms with van der Waals surface area (Å²) in [6, 6.07) is 16.3. The lowest BCUT2D eigenvalue weighted by Gasteiger charge is -2.22. The smallest absolute Gasteiger partial charge is 0.334 e. The summed E-state index contributed by atoms with van der Waals surface area (Å²) in [5, 5.41) is 16.9. The maximum absolute atomic E-state index is 13.1. The quantitative estimate of drug-likeness (QED) is 0.0355. The Morgan fingerprint density at radius 3 is 2.17 bits per heavy atom. The highest BCUT2D eigenvalue weighted by Gasteiger charge is 2.27. The van der Waals surface area contributed by atoms with Crippen LogP contribution in [0.1, 0.15) is 45.6 Å². The summed E-state index contributed by atoms with van der Waals surface area (Å²) in [5.41, 5.74) is 12.2. The first-order chi connectivity index (χ1) is 21.6. The second-order valence-electron chi connectivity index (χ2n) is 11.2. The van der Waals surface area contributed by atoms with Crippen molar-refractivity contribution in [2.45, 2.75) is 70.0 Å². The van der Waals surface area contributed by atoms with E-state index in [2.05, 4.69) is 16.0 Å². The highest BCUT2D eigenvalue weighted by molar-refractivity contribution is 7.85. The van der Waals surface area contributed by atoms with Crippen LogP contribution in [0.25, 0.3) is 10.8 Å². The lowest BCUT2D eigenvalue weighted by atomic mass is 10.0. The van der Waals surface area contributed by atoms with Crippen molar-refractivity contribution in [3.8, 4) is 5.75 Å². The van der Waals surface area contributed by atoms with E-state index in [4.69, 9.17) is 26.2 Å². The van der Waals surface area contributed by atoms with Crippen LogP contribution in [0.3, 0.4) is 0 Å². The van der Waals surface area contributed by atoms with E-state index in [9.17, 15) is 22.8 Å². The van der Waals surface area contributed by atoms with Crippen molar-refractivity contribution in [1.29, 1.82) is 5.41 Å². The van der Waals surface area contributed by atoms with Crippen LogP contribution in [0.2, 0.25) is 0 Å². The minimum atomic E-state index is -4.02. The average Bonchev–Trinajstić information content (AvgIpc) is 2.98. The molecule has 2 amide bonds. The molecule has 0 heterocycles. The van der Waals surface area contributed by atoms with E-state index in [-0.39, 0.29) is 23.2 Å². The first-order valence-electron chi connectivity index (χ1n) is 14.8. The van der Waals surface area contributed by atoms with Crippen LogP contribution >= 0.6 is 0 Å². The number of ether oxygens (including phenoxy) is 1. The van der Waals surface area contributed by atoms with Crippen molar-refractivity contribution in [2.24, 2.45) is 17.4 Å². The third-order valence-electron chi connectivity index (χ3n) is 6.68. The second kappa shape index (κ2) is 17.8. The zero-order chi connectivity index (χ0) is 34.4. The zero-order valence-corrected chi connectivity index (χ0v) is 27.3. The number of carbonyl (C=O) groups excluding carboxylic acids is 3. The molecule has 0 aromatic heterocycles. The van der Waals surface area contributed by atoms with Crippen molar-refractivity contribution < 1.29 is 32.1 Å². The molecule has 3 rings (SSSR count). The molecule has 0 saturated carbocycles. The fourth-order valence-corrected chi connectivity index (χ4v) is 4.73. The number of nitrogens with one attached hydrogen (secondary N) is 4. The Morgan fingerprint density at radius 2 is 1.57 bits per heavy atom. The zero-order valence-electron chi connectivity index (χ0n) is 26.4. The van der Waals surface area contributed by atoms with Gasteiger partial charge in [0.05, 0.1) is 10.9 Å². The number of aryl methyl sites for hydroxylation is 1. The van der Waals surface area contributed by atoms with Gasteiger partial charge in [-0.05, 0) is 62.6 Å². The van der Waals surface area contributed by atoms with Gasteiger partial charge in [0.2, 0.25) is 11.8 Å². The number of nitrogens with two attached hydrogens (primary N) is 2. The maximum Gasteiger partial charge on any atom is 0.334 e. The van der Waals surface area contributed by atoms with E-state index in [1.807, 2.05) is 51.1 Å². The van der Waals surface area contributed by atoms with Gasteiger partial charge < -0.3 is 32.2 Å². The van der Waals surface area contributed by atoms with Crippen LogP contribution in [0.5, 0.6) is 5.75 Å². The number of carbonyl (C=O) groups is 3. The number of rotatable bonds is 13. The van der Waals surface area contributed by atoms with E-state index < -0.39 is 46.0 Å². The number of hydrogen-bond donors (Lipinski definition) is 7. The summed E-state index contributed by atoms with van der Waals surface area (Å²) < 4.78 is 35.2. The van der Waals surface area contributed by atoms with Crippen LogP contribution in [-0.4, -0.2) is 61.4 Å². The molecule has 0 unspecified atom stereocenters. The molecular weight excluding hydrogens is 612 g/mol. The number of benzene rings is 3. The molecular formula is C32H44N6O7S. The van der Waals surface area contributed by atoms with Crippen LogP contribution in [0.4, 0.5) is 0 Å². The molecule has 3 aromatic rings. The minimum absolute atomic E-state index is 0.0666. The molecule has 13 nitrogen and oxygen atoms in total. The number of fused-ring (bicyclic) bond motifs is 1. The molecule has 0 aliphatic heterocycles. The van der Waals surface area contributed by atoms with Crippen LogP contribution < -0.4 is 32.2 Å². The maximum atomic E-state index is 13.1. The monoisotopic (exact) mass is 656 g/mol. The standard InChI is InChI=1S/C25H36N6O4.C7H8O3S/c1-15(2)14-19(26)23(33)30-16(3)22(32)31-20(11-7-13-29-25(27)28)24(34)35-21-12-6-9-17-8-4-5-10-18(17)21;1-6-2-4-7(5-3-6)11(8,9)10/h4-6,8-10,12,15-16,19-20H,7,11,13-14,26H2,1-3H3,(H,30,33)(H,31,32)(H4,27,28,29);2-5H,1H3,(H,8,9,10)/t16-,19-,20-;/m0./s1. The lowest BCUT2D eigenvalue weighted by Crippen LogP contribution is -2.54. The number of amides is 2. The normalized spacial score (nSPS) is 13.0. The Kier molecular flexibility index (Phi) is 14.6. The van der Waals surface area contributed by atoms with Gasteiger partial charge in [-0.3, -0.25) is 19.6 Å². The third kappa shape index (κ3) is 12.8. The first-order valence-corrected chi connectivity index (χ1v) is 16.2. The van der Waals surface area contributed by atoms with Crippen molar-refractivity contribution in [2.75, 3.05) is 6.54 Å². The van der Waals surface area contributed by atoms with E-state index in [1.54, 1.807) is 24.3 Å². The van der Waals surface area contributed by atoms with E-state index in [0.29, 0.717) is 25.1 Å². The number of esters is 1. The molecule has 0 fully saturated rings. The van der Waals surface area contributed by atoms with Crippen LogP contribution in [0, 0.1) is 18.3 Å². The van der Waals surface area contributed by atoms with E-state index >= 15 is 0 Å². The Hall–Kier alpha value is -4.53. The van der Waals surface area contributed by atoms with Gasteiger partial charge in [-0.15, -0.1) is 0 Å². The van der Waals surface area contributed by atoms with Gasteiger partial charge in [-0.1, -0.05) is 67.9 Å². The van der Waals surface area contributed by atoms with Crippen molar-refractivity contribution in [1.82, 2.24) is 16.0 Å². The van der Waals surface area contributed by atoms with Gasteiger partial charge in [0.1, 0.15) is 17.8 Å². The topological polar surface area (TPSA) is 227 Å². The predicted octanol–water partition coefficient (Wildman–Crippen LogP) is 2.61. The first kappa shape index (κ1) is 37.7. The van der Waals surface area contributed by atoms with Gasteiger partial charge >= 0.3 is 5.97 Å². The summed E-state index contributed by atoms with van der Waals surface area (Å²) in [5.74, 6) is -1.16. The van der Waals surface area contributed by atoms with Crippen LogP contribution in [-0.2, 0) is 24.5 Å². The number of guanidine groups is 1. The van der Waals surface area contributed by atoms with Gasteiger partial charge in [0, 0.05) is 11.9 Å². The molecule has 0 bridgehead atoms. The summed E-state index contributed by atoms with van der Waals surface area (Å²) in [6.07, 6.45) is 1.17. The Balaban J connectivity index is 0.000000562. The summed E-state index contributed by atoms with van der Waals surface area (Å²) >= 11 is 0. The molecule has 0 radical (unpaired) electrons. The molecule has 3 aromatic carbocycles. The largest absolute Gasteiger partial charge is 0.424 e. The highest BCUT2D eigenvalue weighted by Crippen LogP contribution is 2.25. The third-order valence-corrected chi connectivity index (χ3v) is 7.55. The highest BCUT2D eigenvalue weighted by atomic mass is 32.2.